The van der Waals surface area contributed by atoms with Crippen LogP contribution in [0.4, 0.5) is 10.5 Å². The third-order valence-corrected chi connectivity index (χ3v) is 1.58. The number of carbonyl (C=O) groups excluding carboxylic acids is 1. The summed E-state index contributed by atoms with van der Waals surface area (Å²) in [5, 5.41) is 10.7. The second kappa shape index (κ2) is 4.27. The first-order chi connectivity index (χ1) is 7.06. The van der Waals surface area contributed by atoms with Gasteiger partial charge in [-0.2, -0.15) is 0 Å². The van der Waals surface area contributed by atoms with Crippen molar-refractivity contribution in [1.82, 2.24) is 0 Å². The first-order valence-electron chi connectivity index (χ1n) is 3.85. The smallest absolute Gasteiger partial charge is 0.410 e. The standard InChI is InChI=1S/C8H8N2O5/c1-14-5-3-2-4-6(15-8(9)11)7(5)10(12)13/h2-4H,1H3,(H2,9,11). The van der Waals surface area contributed by atoms with Crippen LogP contribution in [0.25, 0.3) is 0 Å². The van der Waals surface area contributed by atoms with Gasteiger partial charge in [-0.05, 0) is 12.1 Å². The van der Waals surface area contributed by atoms with Gasteiger partial charge < -0.3 is 15.2 Å². The largest absolute Gasteiger partial charge is 0.490 e. The zero-order chi connectivity index (χ0) is 11.4. The van der Waals surface area contributed by atoms with Gasteiger partial charge in [-0.3, -0.25) is 10.1 Å². The summed E-state index contributed by atoms with van der Waals surface area (Å²) < 4.78 is 9.22. The maximum Gasteiger partial charge on any atom is 0.410 e. The van der Waals surface area contributed by atoms with E-state index in [2.05, 4.69) is 4.74 Å². The molecule has 0 saturated heterocycles. The van der Waals surface area contributed by atoms with Crippen molar-refractivity contribution in [3.05, 3.63) is 28.3 Å². The monoisotopic (exact) mass is 212 g/mol. The minimum Gasteiger partial charge on any atom is -0.490 e. The fraction of sp³-hybridized carbons (Fsp3) is 0.125. The van der Waals surface area contributed by atoms with E-state index in [9.17, 15) is 14.9 Å². The van der Waals surface area contributed by atoms with Gasteiger partial charge in [0.05, 0.1) is 12.0 Å². The molecule has 1 rings (SSSR count). The highest BCUT2D eigenvalue weighted by Gasteiger charge is 2.22. The number of para-hydroxylation sites is 1. The van der Waals surface area contributed by atoms with E-state index >= 15 is 0 Å². The average molecular weight is 212 g/mol. The molecule has 0 spiro atoms. The fourth-order valence-corrected chi connectivity index (χ4v) is 1.04. The number of carbonyl (C=O) groups is 1. The Balaban J connectivity index is 3.25. The van der Waals surface area contributed by atoms with Crippen LogP contribution in [0.3, 0.4) is 0 Å². The Morgan fingerprint density at radius 1 is 1.47 bits per heavy atom. The van der Waals surface area contributed by atoms with Gasteiger partial charge in [0.1, 0.15) is 0 Å². The number of ether oxygens (including phenoxy) is 2. The van der Waals surface area contributed by atoms with Crippen LogP contribution in [0.5, 0.6) is 11.5 Å². The van der Waals surface area contributed by atoms with Crippen LogP contribution in [0.15, 0.2) is 18.2 Å². The molecule has 1 aromatic rings. The predicted molar refractivity (Wildman–Crippen MR) is 49.9 cm³/mol. The van der Waals surface area contributed by atoms with Gasteiger partial charge in [-0.1, -0.05) is 6.07 Å². The molecule has 0 radical (unpaired) electrons. The predicted octanol–water partition coefficient (Wildman–Crippen LogP) is 1.06. The van der Waals surface area contributed by atoms with Crippen LogP contribution >= 0.6 is 0 Å². The number of hydrogen-bond donors (Lipinski definition) is 1. The highest BCUT2D eigenvalue weighted by molar-refractivity contribution is 5.71. The molecule has 0 atom stereocenters. The van der Waals surface area contributed by atoms with Gasteiger partial charge in [0, 0.05) is 0 Å². The summed E-state index contributed by atoms with van der Waals surface area (Å²) in [6.45, 7) is 0. The highest BCUT2D eigenvalue weighted by atomic mass is 16.6. The van der Waals surface area contributed by atoms with E-state index in [0.29, 0.717) is 0 Å². The summed E-state index contributed by atoms with van der Waals surface area (Å²) in [6, 6.07) is 4.08. The van der Waals surface area contributed by atoms with Crippen LogP contribution < -0.4 is 15.2 Å². The number of rotatable bonds is 3. The van der Waals surface area contributed by atoms with Crippen LogP contribution in [0.2, 0.25) is 0 Å². The van der Waals surface area contributed by atoms with Gasteiger partial charge in [0.25, 0.3) is 0 Å². The fourth-order valence-electron chi connectivity index (χ4n) is 1.04. The van der Waals surface area contributed by atoms with Gasteiger partial charge in [-0.25, -0.2) is 4.79 Å². The minimum absolute atomic E-state index is 0.00116. The number of nitro groups is 1. The molecule has 0 aliphatic carbocycles. The van der Waals surface area contributed by atoms with Crippen LogP contribution in [0, 0.1) is 10.1 Å². The van der Waals surface area contributed by atoms with E-state index in [1.165, 1.54) is 25.3 Å². The van der Waals surface area contributed by atoms with E-state index in [-0.39, 0.29) is 11.5 Å². The summed E-state index contributed by atoms with van der Waals surface area (Å²) in [4.78, 5) is 20.4. The van der Waals surface area contributed by atoms with Gasteiger partial charge in [-0.15, -0.1) is 0 Å². The normalized spacial score (nSPS) is 9.40. The quantitative estimate of drug-likeness (QED) is 0.595. The van der Waals surface area contributed by atoms with E-state index < -0.39 is 16.7 Å². The van der Waals surface area contributed by atoms with Crippen molar-refractivity contribution in [2.45, 2.75) is 0 Å². The van der Waals surface area contributed by atoms with E-state index in [0.717, 1.165) is 0 Å². The summed E-state index contributed by atoms with van der Waals surface area (Å²) in [5.41, 5.74) is 4.33. The molecule has 1 aromatic carbocycles. The molecule has 0 saturated carbocycles. The summed E-state index contributed by atoms with van der Waals surface area (Å²) in [5.74, 6) is -0.245. The molecular formula is C8H8N2O5. The molecule has 0 heterocycles. The maximum atomic E-state index is 10.7. The molecule has 0 unspecified atom stereocenters. The second-order valence-corrected chi connectivity index (χ2v) is 2.49. The topological polar surface area (TPSA) is 105 Å². The van der Waals surface area contributed by atoms with Crippen molar-refractivity contribution in [3.63, 3.8) is 0 Å². The number of nitrogens with two attached hydrogens (primary N) is 1. The second-order valence-electron chi connectivity index (χ2n) is 2.49. The first-order valence-corrected chi connectivity index (χ1v) is 3.85. The lowest BCUT2D eigenvalue weighted by Gasteiger charge is -2.05. The van der Waals surface area contributed by atoms with Gasteiger partial charge in [0.2, 0.25) is 11.5 Å². The van der Waals surface area contributed by atoms with Crippen LogP contribution in [-0.4, -0.2) is 18.1 Å². The Hall–Kier alpha value is -2.31. The zero-order valence-corrected chi connectivity index (χ0v) is 7.80. The molecule has 0 aromatic heterocycles. The van der Waals surface area contributed by atoms with Crippen LogP contribution in [-0.2, 0) is 0 Å². The molecule has 7 nitrogen and oxygen atoms in total. The van der Waals surface area contributed by atoms with Crippen molar-refractivity contribution in [1.29, 1.82) is 0 Å². The molecule has 1 amide bonds. The number of amides is 1. The third kappa shape index (κ3) is 2.33. The number of hydrogen-bond acceptors (Lipinski definition) is 5. The van der Waals surface area contributed by atoms with Gasteiger partial charge in [0.15, 0.2) is 0 Å². The number of nitro benzene ring substituents is 1. The van der Waals surface area contributed by atoms with Gasteiger partial charge >= 0.3 is 11.8 Å². The molecule has 0 fully saturated rings. The van der Waals surface area contributed by atoms with E-state index in [1.54, 1.807) is 0 Å². The third-order valence-electron chi connectivity index (χ3n) is 1.58. The van der Waals surface area contributed by atoms with E-state index in [4.69, 9.17) is 10.5 Å². The van der Waals surface area contributed by atoms with Crippen LogP contribution in [0.1, 0.15) is 0 Å². The van der Waals surface area contributed by atoms with Crippen molar-refractivity contribution in [2.24, 2.45) is 5.73 Å². The average Bonchev–Trinajstić information content (AvgIpc) is 2.15. The molecule has 0 bridgehead atoms. The number of nitrogens with zero attached hydrogens (tertiary/aromatic N) is 1. The molecule has 0 aliphatic rings. The Morgan fingerprint density at radius 3 is 2.53 bits per heavy atom. The molecule has 15 heavy (non-hydrogen) atoms. The lowest BCUT2D eigenvalue weighted by atomic mass is 10.3. The highest BCUT2D eigenvalue weighted by Crippen LogP contribution is 2.36. The SMILES string of the molecule is COc1cccc(OC(N)=O)c1[N+](=O)[O-]. The number of primary amides is 1. The molecule has 80 valence electrons. The first kappa shape index (κ1) is 10.8. The maximum absolute atomic E-state index is 10.7. The molecule has 7 heteroatoms. The Kier molecular flexibility index (Phi) is 3.06. The summed E-state index contributed by atoms with van der Waals surface area (Å²) >= 11 is 0. The minimum atomic E-state index is -1.12. The van der Waals surface area contributed by atoms with Crippen molar-refractivity contribution in [2.75, 3.05) is 7.11 Å². The van der Waals surface area contributed by atoms with Crippen molar-refractivity contribution in [3.8, 4) is 11.5 Å². The number of benzene rings is 1. The Morgan fingerprint density at radius 2 is 2.07 bits per heavy atom. The Bertz CT molecular complexity index is 404. The molecule has 2 N–H and O–H groups in total. The van der Waals surface area contributed by atoms with E-state index in [1.807, 2.05) is 0 Å². The lowest BCUT2D eigenvalue weighted by molar-refractivity contribution is -0.386. The number of methoxy groups -OCH3 is 1. The lowest BCUT2D eigenvalue weighted by Crippen LogP contribution is -2.17. The van der Waals surface area contributed by atoms with Crippen molar-refractivity contribution < 1.29 is 19.2 Å². The summed E-state index contributed by atoms with van der Waals surface area (Å²) in [7, 11) is 1.27. The summed E-state index contributed by atoms with van der Waals surface area (Å²) in [6.07, 6.45) is -1.12. The molecular weight excluding hydrogens is 204 g/mol. The zero-order valence-electron chi connectivity index (χ0n) is 7.80. The van der Waals surface area contributed by atoms with Crippen molar-refractivity contribution >= 4 is 11.8 Å². The molecule has 0 aliphatic heterocycles. The Labute approximate surface area is 84.5 Å².